The summed E-state index contributed by atoms with van der Waals surface area (Å²) in [5.41, 5.74) is 2.11. The van der Waals surface area contributed by atoms with E-state index >= 15 is 0 Å². The van der Waals surface area contributed by atoms with Gasteiger partial charge in [0, 0.05) is 30.4 Å². The molecule has 0 saturated carbocycles. The molecule has 5 heteroatoms. The van der Waals surface area contributed by atoms with Crippen LogP contribution in [0.4, 0.5) is 14.9 Å². The molecular formula is C23H28FN3O. The molecule has 2 aliphatic heterocycles. The summed E-state index contributed by atoms with van der Waals surface area (Å²) in [5.74, 6) is -0.240. The summed E-state index contributed by atoms with van der Waals surface area (Å²) >= 11 is 0. The third-order valence-corrected chi connectivity index (χ3v) is 5.98. The van der Waals surface area contributed by atoms with E-state index in [4.69, 9.17) is 0 Å². The molecule has 0 unspecified atom stereocenters. The Morgan fingerprint density at radius 1 is 0.893 bits per heavy atom. The van der Waals surface area contributed by atoms with Crippen LogP contribution in [0.3, 0.4) is 0 Å². The third kappa shape index (κ3) is 4.36. The molecule has 0 radical (unpaired) electrons. The lowest BCUT2D eigenvalue weighted by molar-refractivity contribution is 0.104. The lowest BCUT2D eigenvalue weighted by Gasteiger charge is -2.40. The van der Waals surface area contributed by atoms with Crippen LogP contribution in [0.1, 0.15) is 32.1 Å². The molecule has 28 heavy (non-hydrogen) atoms. The molecule has 4 rings (SSSR count). The molecule has 2 aromatic rings. The quantitative estimate of drug-likeness (QED) is 0.814. The minimum atomic E-state index is -0.240. The Hall–Kier alpha value is -2.40. The Morgan fingerprint density at radius 2 is 1.57 bits per heavy atom. The highest BCUT2D eigenvalue weighted by molar-refractivity contribution is 5.89. The van der Waals surface area contributed by atoms with Crippen LogP contribution in [0.2, 0.25) is 0 Å². The smallest absolute Gasteiger partial charge is 0.321 e. The fourth-order valence-electron chi connectivity index (χ4n) is 4.35. The normalized spacial score (nSPS) is 18.8. The number of benzene rings is 2. The Morgan fingerprint density at radius 3 is 2.25 bits per heavy atom. The molecule has 4 nitrogen and oxygen atoms in total. The fraction of sp³-hybridized carbons (Fsp3) is 0.435. The maximum Gasteiger partial charge on any atom is 0.321 e. The molecular weight excluding hydrogens is 353 g/mol. The fourth-order valence-corrected chi connectivity index (χ4v) is 4.35. The second kappa shape index (κ2) is 8.74. The molecule has 2 aromatic carbocycles. The van der Waals surface area contributed by atoms with E-state index in [9.17, 15) is 9.18 Å². The highest BCUT2D eigenvalue weighted by atomic mass is 19.1. The predicted molar refractivity (Wildman–Crippen MR) is 111 cm³/mol. The van der Waals surface area contributed by atoms with Crippen LogP contribution >= 0.6 is 0 Å². The van der Waals surface area contributed by atoms with Crippen molar-refractivity contribution in [2.24, 2.45) is 0 Å². The van der Waals surface area contributed by atoms with Gasteiger partial charge in [-0.1, -0.05) is 36.8 Å². The Kier molecular flexibility index (Phi) is 5.91. The van der Waals surface area contributed by atoms with E-state index in [-0.39, 0.29) is 11.8 Å². The van der Waals surface area contributed by atoms with Gasteiger partial charge < -0.3 is 15.1 Å². The second-order valence-electron chi connectivity index (χ2n) is 7.80. The van der Waals surface area contributed by atoms with Gasteiger partial charge in [0.1, 0.15) is 5.82 Å². The van der Waals surface area contributed by atoms with E-state index in [0.717, 1.165) is 37.2 Å². The Balaban J connectivity index is 1.31. The summed E-state index contributed by atoms with van der Waals surface area (Å²) in [6.45, 7) is 4.04. The van der Waals surface area contributed by atoms with Crippen molar-refractivity contribution in [1.29, 1.82) is 0 Å². The lowest BCUT2D eigenvalue weighted by atomic mass is 10.00. The number of carbonyl (C=O) groups excluding carboxylic acids is 1. The number of piperidine rings is 2. The van der Waals surface area contributed by atoms with E-state index < -0.39 is 0 Å². The number of nitrogens with zero attached hydrogens (tertiary/aromatic N) is 2. The van der Waals surface area contributed by atoms with Crippen LogP contribution in [0.5, 0.6) is 0 Å². The number of carbonyl (C=O) groups is 1. The van der Waals surface area contributed by atoms with Crippen LogP contribution < -0.4 is 5.32 Å². The van der Waals surface area contributed by atoms with Gasteiger partial charge in [-0.3, -0.25) is 0 Å². The third-order valence-electron chi connectivity index (χ3n) is 5.98. The zero-order chi connectivity index (χ0) is 19.3. The van der Waals surface area contributed by atoms with Crippen LogP contribution in [0, 0.1) is 5.82 Å². The van der Waals surface area contributed by atoms with Gasteiger partial charge in [0.25, 0.3) is 0 Å². The number of hydrogen-bond acceptors (Lipinski definition) is 2. The molecule has 0 bridgehead atoms. The first-order valence-corrected chi connectivity index (χ1v) is 10.4. The van der Waals surface area contributed by atoms with Gasteiger partial charge in [-0.25, -0.2) is 9.18 Å². The van der Waals surface area contributed by atoms with Crippen molar-refractivity contribution in [1.82, 2.24) is 9.80 Å². The maximum atomic E-state index is 13.9. The van der Waals surface area contributed by atoms with Crippen LogP contribution in [-0.2, 0) is 0 Å². The summed E-state index contributed by atoms with van der Waals surface area (Å²) in [4.78, 5) is 17.1. The largest absolute Gasteiger partial charge is 0.324 e. The molecule has 0 spiro atoms. The molecule has 2 amide bonds. The topological polar surface area (TPSA) is 35.6 Å². The molecule has 2 heterocycles. The highest BCUT2D eigenvalue weighted by Gasteiger charge is 2.27. The SMILES string of the molecule is O=C(Nc1ccc(-c2ccccc2F)cc1)N1CCC(N2CCCCC2)CC1. The number of amides is 2. The van der Waals surface area contributed by atoms with E-state index in [0.29, 0.717) is 11.6 Å². The maximum absolute atomic E-state index is 13.9. The molecule has 2 aliphatic rings. The van der Waals surface area contributed by atoms with Gasteiger partial charge in [0.05, 0.1) is 0 Å². The van der Waals surface area contributed by atoms with Crippen LogP contribution in [0.15, 0.2) is 48.5 Å². The van der Waals surface area contributed by atoms with E-state index in [1.807, 2.05) is 35.2 Å². The number of rotatable bonds is 3. The van der Waals surface area contributed by atoms with E-state index in [2.05, 4.69) is 10.2 Å². The summed E-state index contributed by atoms with van der Waals surface area (Å²) in [6, 6.07) is 14.7. The second-order valence-corrected chi connectivity index (χ2v) is 7.80. The Bertz CT molecular complexity index is 794. The summed E-state index contributed by atoms with van der Waals surface area (Å²) in [7, 11) is 0. The molecule has 0 aromatic heterocycles. The van der Waals surface area contributed by atoms with Crippen molar-refractivity contribution in [2.45, 2.75) is 38.1 Å². The lowest BCUT2D eigenvalue weighted by Crippen LogP contribution is -2.49. The molecule has 1 N–H and O–H groups in total. The zero-order valence-electron chi connectivity index (χ0n) is 16.2. The first-order valence-electron chi connectivity index (χ1n) is 10.4. The van der Waals surface area contributed by atoms with Crippen LogP contribution in [0.25, 0.3) is 11.1 Å². The first-order chi connectivity index (χ1) is 13.7. The van der Waals surface area contributed by atoms with Gasteiger partial charge >= 0.3 is 6.03 Å². The summed E-state index contributed by atoms with van der Waals surface area (Å²) in [6.07, 6.45) is 6.08. The molecule has 0 aliphatic carbocycles. The molecule has 0 atom stereocenters. The van der Waals surface area contributed by atoms with Crippen molar-refractivity contribution >= 4 is 11.7 Å². The number of hydrogen-bond donors (Lipinski definition) is 1. The number of nitrogens with one attached hydrogen (secondary N) is 1. The number of halogens is 1. The number of anilines is 1. The van der Waals surface area contributed by atoms with Gasteiger partial charge in [-0.2, -0.15) is 0 Å². The standard InChI is InChI=1S/C23H28FN3O/c24-22-7-3-2-6-21(22)18-8-10-19(11-9-18)25-23(28)27-16-12-20(13-17-27)26-14-4-1-5-15-26/h2-3,6-11,20H,1,4-5,12-17H2,(H,25,28). The van der Waals surface area contributed by atoms with Gasteiger partial charge in [-0.15, -0.1) is 0 Å². The van der Waals surface area contributed by atoms with Gasteiger partial charge in [0.15, 0.2) is 0 Å². The van der Waals surface area contributed by atoms with Gasteiger partial charge in [0.2, 0.25) is 0 Å². The monoisotopic (exact) mass is 381 g/mol. The van der Waals surface area contributed by atoms with Crippen molar-refractivity contribution in [2.75, 3.05) is 31.5 Å². The van der Waals surface area contributed by atoms with Crippen LogP contribution in [-0.4, -0.2) is 48.1 Å². The molecule has 148 valence electrons. The zero-order valence-corrected chi connectivity index (χ0v) is 16.2. The van der Waals surface area contributed by atoms with E-state index in [1.165, 1.54) is 38.4 Å². The van der Waals surface area contributed by atoms with Crippen molar-refractivity contribution < 1.29 is 9.18 Å². The number of likely N-dealkylation sites (tertiary alicyclic amines) is 2. The summed E-state index contributed by atoms with van der Waals surface area (Å²) in [5, 5.41) is 2.98. The summed E-state index contributed by atoms with van der Waals surface area (Å²) < 4.78 is 13.9. The van der Waals surface area contributed by atoms with Crippen molar-refractivity contribution in [3.8, 4) is 11.1 Å². The number of urea groups is 1. The minimum absolute atomic E-state index is 0.0456. The first kappa shape index (κ1) is 18.9. The van der Waals surface area contributed by atoms with Crippen molar-refractivity contribution in [3.05, 3.63) is 54.3 Å². The highest BCUT2D eigenvalue weighted by Crippen LogP contribution is 2.25. The Labute approximate surface area is 166 Å². The molecule has 2 saturated heterocycles. The molecule has 2 fully saturated rings. The van der Waals surface area contributed by atoms with E-state index in [1.54, 1.807) is 12.1 Å². The van der Waals surface area contributed by atoms with Gasteiger partial charge in [-0.05, 0) is 62.5 Å². The average Bonchev–Trinajstić information content (AvgIpc) is 2.75. The van der Waals surface area contributed by atoms with Crippen molar-refractivity contribution in [3.63, 3.8) is 0 Å². The average molecular weight is 381 g/mol. The predicted octanol–water partition coefficient (Wildman–Crippen LogP) is 4.97. The minimum Gasteiger partial charge on any atom is -0.324 e.